The molecule has 3 rings (SSSR count). The first-order chi connectivity index (χ1) is 9.78. The average molecular weight is 350 g/mol. The van der Waals surface area contributed by atoms with Crippen molar-refractivity contribution in [1.82, 2.24) is 14.8 Å². The Labute approximate surface area is 132 Å². The van der Waals surface area contributed by atoms with Crippen LogP contribution in [0.25, 0.3) is 5.82 Å². The highest BCUT2D eigenvalue weighted by molar-refractivity contribution is 9.10. The average Bonchev–Trinajstić information content (AvgIpc) is 2.92. The number of hydrogen-bond donors (Lipinski definition) is 0. The van der Waals surface area contributed by atoms with Gasteiger partial charge in [-0.3, -0.25) is 0 Å². The van der Waals surface area contributed by atoms with E-state index in [1.54, 1.807) is 17.1 Å². The van der Waals surface area contributed by atoms with Crippen molar-refractivity contribution in [3.05, 3.63) is 35.2 Å². The number of aromatic nitrogens is 3. The molecule has 110 valence electrons. The minimum Gasteiger partial charge on any atom is -0.399 e. The molecule has 0 amide bonds. The van der Waals surface area contributed by atoms with Crippen LogP contribution in [0.3, 0.4) is 0 Å². The van der Waals surface area contributed by atoms with E-state index in [1.807, 2.05) is 46.0 Å². The highest BCUT2D eigenvalue weighted by Crippen LogP contribution is 2.36. The van der Waals surface area contributed by atoms with Crippen molar-refractivity contribution >= 4 is 28.5 Å². The Morgan fingerprint density at radius 1 is 1.10 bits per heavy atom. The van der Waals surface area contributed by atoms with Gasteiger partial charge in [0.25, 0.3) is 0 Å². The first-order valence-corrected chi connectivity index (χ1v) is 7.60. The van der Waals surface area contributed by atoms with Gasteiger partial charge in [0.1, 0.15) is 0 Å². The van der Waals surface area contributed by atoms with E-state index in [9.17, 15) is 0 Å². The van der Waals surface area contributed by atoms with Crippen molar-refractivity contribution in [2.24, 2.45) is 0 Å². The molecular weight excluding hydrogens is 333 g/mol. The molecule has 0 N–H and O–H groups in total. The third-order valence-electron chi connectivity index (χ3n) is 4.08. The highest BCUT2D eigenvalue weighted by atomic mass is 79.9. The summed E-state index contributed by atoms with van der Waals surface area (Å²) in [5.41, 5.74) is 0.218. The molecule has 1 saturated heterocycles. The summed E-state index contributed by atoms with van der Waals surface area (Å²) in [6.07, 6.45) is 5.35. The fraction of sp³-hybridized carbons (Fsp3) is 0.429. The molecule has 21 heavy (non-hydrogen) atoms. The summed E-state index contributed by atoms with van der Waals surface area (Å²) in [5, 5.41) is 4.20. The van der Waals surface area contributed by atoms with Gasteiger partial charge < -0.3 is 9.31 Å². The lowest BCUT2D eigenvalue weighted by Gasteiger charge is -2.32. The number of rotatable bonds is 2. The second kappa shape index (κ2) is 4.93. The van der Waals surface area contributed by atoms with Crippen LogP contribution < -0.4 is 5.46 Å². The molecule has 0 bridgehead atoms. The third kappa shape index (κ3) is 2.65. The van der Waals surface area contributed by atoms with Crippen molar-refractivity contribution in [2.45, 2.75) is 38.9 Å². The van der Waals surface area contributed by atoms with E-state index in [0.717, 1.165) is 15.8 Å². The van der Waals surface area contributed by atoms with Crippen LogP contribution >= 0.6 is 15.9 Å². The van der Waals surface area contributed by atoms with E-state index in [2.05, 4.69) is 26.0 Å². The van der Waals surface area contributed by atoms with Gasteiger partial charge in [0.05, 0.1) is 21.9 Å². The van der Waals surface area contributed by atoms with Gasteiger partial charge in [-0.25, -0.2) is 9.67 Å². The number of halogens is 1. The van der Waals surface area contributed by atoms with Crippen molar-refractivity contribution in [2.75, 3.05) is 0 Å². The first kappa shape index (κ1) is 14.7. The van der Waals surface area contributed by atoms with Gasteiger partial charge >= 0.3 is 7.12 Å². The second-order valence-corrected chi connectivity index (χ2v) is 7.06. The Balaban J connectivity index is 1.83. The van der Waals surface area contributed by atoms with Crippen LogP contribution in [-0.2, 0) is 9.31 Å². The van der Waals surface area contributed by atoms with E-state index < -0.39 is 0 Å². The summed E-state index contributed by atoms with van der Waals surface area (Å²) in [6, 6.07) is 3.86. The zero-order chi connectivity index (χ0) is 15.3. The maximum Gasteiger partial charge on any atom is 0.496 e. The van der Waals surface area contributed by atoms with Gasteiger partial charge in [-0.15, -0.1) is 0 Å². The second-order valence-electron chi connectivity index (χ2n) is 6.14. The standard InChI is InChI=1S/C14H17BBrN3O2/c1-13(2)14(3,4)21-15(20-13)10-5-6-12(17-7-10)19-9-11(16)8-18-19/h5-9H,1-4H3. The molecule has 2 aromatic heterocycles. The van der Waals surface area contributed by atoms with Crippen LogP contribution in [0.2, 0.25) is 0 Å². The smallest absolute Gasteiger partial charge is 0.399 e. The summed E-state index contributed by atoms with van der Waals surface area (Å²) < 4.78 is 14.6. The van der Waals surface area contributed by atoms with Crippen molar-refractivity contribution in [3.8, 4) is 5.82 Å². The van der Waals surface area contributed by atoms with E-state index >= 15 is 0 Å². The molecule has 1 fully saturated rings. The number of nitrogens with zero attached hydrogens (tertiary/aromatic N) is 3. The lowest BCUT2D eigenvalue weighted by atomic mass is 9.80. The fourth-order valence-electron chi connectivity index (χ4n) is 2.08. The van der Waals surface area contributed by atoms with Crippen molar-refractivity contribution in [3.63, 3.8) is 0 Å². The zero-order valence-electron chi connectivity index (χ0n) is 12.5. The van der Waals surface area contributed by atoms with Gasteiger partial charge in [-0.05, 0) is 49.7 Å². The highest BCUT2D eigenvalue weighted by Gasteiger charge is 2.51. The van der Waals surface area contributed by atoms with Crippen molar-refractivity contribution < 1.29 is 9.31 Å². The van der Waals surface area contributed by atoms with E-state index in [-0.39, 0.29) is 18.3 Å². The Kier molecular flexibility index (Phi) is 3.46. The molecule has 0 spiro atoms. The molecular formula is C14H17BBrN3O2. The van der Waals surface area contributed by atoms with Gasteiger partial charge in [0.15, 0.2) is 5.82 Å². The Morgan fingerprint density at radius 3 is 2.24 bits per heavy atom. The predicted molar refractivity (Wildman–Crippen MR) is 84.8 cm³/mol. The molecule has 5 nitrogen and oxygen atoms in total. The molecule has 0 aromatic carbocycles. The van der Waals surface area contributed by atoms with Gasteiger partial charge in [0.2, 0.25) is 0 Å². The monoisotopic (exact) mass is 349 g/mol. The topological polar surface area (TPSA) is 49.2 Å². The number of hydrogen-bond acceptors (Lipinski definition) is 4. The van der Waals surface area contributed by atoms with E-state index in [0.29, 0.717) is 0 Å². The summed E-state index contributed by atoms with van der Waals surface area (Å²) in [5.74, 6) is 0.751. The Bertz CT molecular complexity index is 638. The minimum atomic E-state index is -0.388. The summed E-state index contributed by atoms with van der Waals surface area (Å²) in [4.78, 5) is 4.42. The largest absolute Gasteiger partial charge is 0.496 e. The SMILES string of the molecule is CC1(C)OB(c2ccc(-n3cc(Br)cn3)nc2)OC1(C)C. The summed E-state index contributed by atoms with van der Waals surface area (Å²) in [6.45, 7) is 8.15. The number of pyridine rings is 1. The molecule has 0 atom stereocenters. The molecule has 2 aromatic rings. The van der Waals surface area contributed by atoms with Gasteiger partial charge in [0, 0.05) is 17.9 Å². The summed E-state index contributed by atoms with van der Waals surface area (Å²) in [7, 11) is -0.388. The fourth-order valence-corrected chi connectivity index (χ4v) is 2.36. The zero-order valence-corrected chi connectivity index (χ0v) is 14.1. The van der Waals surface area contributed by atoms with E-state index in [1.165, 1.54) is 0 Å². The minimum absolute atomic E-state index is 0.344. The van der Waals surface area contributed by atoms with Crippen LogP contribution in [0, 0.1) is 0 Å². The van der Waals surface area contributed by atoms with E-state index in [4.69, 9.17) is 9.31 Å². The van der Waals surface area contributed by atoms with Crippen LogP contribution in [-0.4, -0.2) is 33.1 Å². The van der Waals surface area contributed by atoms with Crippen LogP contribution in [0.4, 0.5) is 0 Å². The van der Waals surface area contributed by atoms with Crippen LogP contribution in [0.15, 0.2) is 35.2 Å². The Hall–Kier alpha value is -1.18. The normalized spacial score (nSPS) is 20.0. The van der Waals surface area contributed by atoms with Crippen LogP contribution in [0.5, 0.6) is 0 Å². The first-order valence-electron chi connectivity index (χ1n) is 6.81. The molecule has 3 heterocycles. The van der Waals surface area contributed by atoms with Gasteiger partial charge in [-0.1, -0.05) is 6.07 Å². The van der Waals surface area contributed by atoms with Crippen molar-refractivity contribution in [1.29, 1.82) is 0 Å². The molecule has 1 aliphatic rings. The molecule has 0 aliphatic carbocycles. The van der Waals surface area contributed by atoms with Gasteiger partial charge in [-0.2, -0.15) is 5.10 Å². The maximum atomic E-state index is 6.01. The third-order valence-corrected chi connectivity index (χ3v) is 4.49. The lowest BCUT2D eigenvalue weighted by Crippen LogP contribution is -2.41. The molecule has 1 aliphatic heterocycles. The Morgan fingerprint density at radius 2 is 1.76 bits per heavy atom. The van der Waals surface area contributed by atoms with Crippen LogP contribution in [0.1, 0.15) is 27.7 Å². The lowest BCUT2D eigenvalue weighted by molar-refractivity contribution is 0.00578. The maximum absolute atomic E-state index is 6.01. The molecule has 0 saturated carbocycles. The molecule has 7 heteroatoms. The molecule has 0 radical (unpaired) electrons. The predicted octanol–water partition coefficient (Wildman–Crippen LogP) is 2.33. The molecule has 0 unspecified atom stereocenters. The quantitative estimate of drug-likeness (QED) is 0.781. The summed E-state index contributed by atoms with van der Waals surface area (Å²) >= 11 is 3.37.